The number of hydrogen-bond acceptors (Lipinski definition) is 2. The summed E-state index contributed by atoms with van der Waals surface area (Å²) < 4.78 is 1.71. The van der Waals surface area contributed by atoms with Crippen molar-refractivity contribution in [1.82, 2.24) is 14.6 Å². The molecule has 0 unspecified atom stereocenters. The summed E-state index contributed by atoms with van der Waals surface area (Å²) in [5, 5.41) is 4.90. The van der Waals surface area contributed by atoms with Crippen molar-refractivity contribution in [3.8, 4) is 0 Å². The van der Waals surface area contributed by atoms with Gasteiger partial charge in [-0.3, -0.25) is 0 Å². The molecule has 0 aliphatic heterocycles. The van der Waals surface area contributed by atoms with Gasteiger partial charge in [0.15, 0.2) is 5.65 Å². The Morgan fingerprint density at radius 3 is 2.82 bits per heavy atom. The van der Waals surface area contributed by atoms with Crippen LogP contribution in [0.2, 0.25) is 5.15 Å². The summed E-state index contributed by atoms with van der Waals surface area (Å²) in [5.74, 6) is 0.584. The number of rotatable bonds is 1. The highest BCUT2D eigenvalue weighted by molar-refractivity contribution is 6.36. The highest BCUT2D eigenvalue weighted by atomic mass is 35.5. The predicted octanol–water partition coefficient (Wildman–Crippen LogP) is 1.69. The molecule has 17 heavy (non-hydrogen) atoms. The van der Waals surface area contributed by atoms with E-state index >= 15 is 0 Å². The highest BCUT2D eigenvalue weighted by Crippen LogP contribution is 2.32. The topological polar surface area (TPSA) is 30.2 Å². The zero-order valence-corrected chi connectivity index (χ0v) is 10.7. The van der Waals surface area contributed by atoms with E-state index in [0.717, 1.165) is 16.8 Å². The van der Waals surface area contributed by atoms with Crippen molar-refractivity contribution in [1.29, 1.82) is 0 Å². The fourth-order valence-corrected chi connectivity index (χ4v) is 2.90. The molecule has 2 heterocycles. The number of fused-ring (bicyclic) bond motifs is 1. The van der Waals surface area contributed by atoms with E-state index in [0.29, 0.717) is 11.1 Å². The Morgan fingerprint density at radius 1 is 1.29 bits per heavy atom. The van der Waals surface area contributed by atoms with Gasteiger partial charge in [-0.2, -0.15) is 5.10 Å². The van der Waals surface area contributed by atoms with Gasteiger partial charge in [0, 0.05) is 17.8 Å². The molecule has 1 saturated carbocycles. The quantitative estimate of drug-likeness (QED) is 0.567. The SMILES string of the molecule is Bc1cnn2c(Cl)cc(C3CCCCC3)nc12. The Bertz CT molecular complexity index is 546. The summed E-state index contributed by atoms with van der Waals surface area (Å²) >= 11 is 6.26. The van der Waals surface area contributed by atoms with Gasteiger partial charge in [-0.05, 0) is 24.4 Å². The molecular formula is C12H15BClN3. The van der Waals surface area contributed by atoms with Crippen molar-refractivity contribution >= 4 is 30.6 Å². The monoisotopic (exact) mass is 247 g/mol. The summed E-state index contributed by atoms with van der Waals surface area (Å²) in [5.41, 5.74) is 3.13. The van der Waals surface area contributed by atoms with Crippen molar-refractivity contribution in [2.24, 2.45) is 0 Å². The van der Waals surface area contributed by atoms with Gasteiger partial charge in [-0.25, -0.2) is 9.50 Å². The molecule has 0 N–H and O–H groups in total. The number of halogens is 1. The third kappa shape index (κ3) is 1.95. The van der Waals surface area contributed by atoms with Crippen LogP contribution in [-0.4, -0.2) is 22.4 Å². The molecule has 1 aliphatic carbocycles. The first-order chi connectivity index (χ1) is 8.25. The van der Waals surface area contributed by atoms with E-state index in [-0.39, 0.29) is 0 Å². The molecule has 1 fully saturated rings. The van der Waals surface area contributed by atoms with Crippen LogP contribution < -0.4 is 5.46 Å². The van der Waals surface area contributed by atoms with Crippen molar-refractivity contribution in [3.05, 3.63) is 23.1 Å². The van der Waals surface area contributed by atoms with Gasteiger partial charge >= 0.3 is 0 Å². The van der Waals surface area contributed by atoms with Gasteiger partial charge in [0.2, 0.25) is 0 Å². The summed E-state index contributed by atoms with van der Waals surface area (Å²) in [4.78, 5) is 4.74. The van der Waals surface area contributed by atoms with Crippen LogP contribution in [0.15, 0.2) is 12.3 Å². The zero-order chi connectivity index (χ0) is 11.8. The van der Waals surface area contributed by atoms with Gasteiger partial charge in [0.1, 0.15) is 13.0 Å². The fourth-order valence-electron chi connectivity index (χ4n) is 2.66. The molecule has 0 atom stereocenters. The smallest absolute Gasteiger partial charge is 0.150 e. The van der Waals surface area contributed by atoms with Crippen LogP contribution in [0.3, 0.4) is 0 Å². The largest absolute Gasteiger partial charge is 0.234 e. The summed E-state index contributed by atoms with van der Waals surface area (Å²) in [7, 11) is 2.02. The Balaban J connectivity index is 2.07. The average molecular weight is 248 g/mol. The zero-order valence-electron chi connectivity index (χ0n) is 9.99. The minimum absolute atomic E-state index is 0.584. The molecule has 3 rings (SSSR count). The van der Waals surface area contributed by atoms with Crippen LogP contribution in [-0.2, 0) is 0 Å². The normalized spacial score (nSPS) is 17.7. The van der Waals surface area contributed by atoms with Crippen molar-refractivity contribution < 1.29 is 0 Å². The Morgan fingerprint density at radius 2 is 2.06 bits per heavy atom. The summed E-state index contributed by atoms with van der Waals surface area (Å²) in [6.07, 6.45) is 8.29. The van der Waals surface area contributed by atoms with Crippen LogP contribution in [0.4, 0.5) is 0 Å². The average Bonchev–Trinajstić information content (AvgIpc) is 2.73. The molecule has 2 aromatic rings. The van der Waals surface area contributed by atoms with E-state index in [4.69, 9.17) is 16.6 Å². The number of nitrogens with zero attached hydrogens (tertiary/aromatic N) is 3. The molecule has 0 bridgehead atoms. The first kappa shape index (κ1) is 11.1. The molecule has 88 valence electrons. The second-order valence-corrected chi connectivity index (χ2v) is 5.29. The van der Waals surface area contributed by atoms with Gasteiger partial charge in [-0.1, -0.05) is 30.9 Å². The van der Waals surface area contributed by atoms with E-state index in [1.807, 2.05) is 20.1 Å². The fraction of sp³-hybridized carbons (Fsp3) is 0.500. The molecule has 2 aromatic heterocycles. The number of aromatic nitrogens is 3. The Labute approximate surface area is 107 Å². The molecule has 0 aromatic carbocycles. The first-order valence-electron chi connectivity index (χ1n) is 6.26. The lowest BCUT2D eigenvalue weighted by atomic mass is 9.87. The summed E-state index contributed by atoms with van der Waals surface area (Å²) in [6, 6.07) is 1.98. The third-order valence-corrected chi connectivity index (χ3v) is 3.92. The maximum atomic E-state index is 6.26. The van der Waals surface area contributed by atoms with Gasteiger partial charge in [0.05, 0.1) is 0 Å². The van der Waals surface area contributed by atoms with Crippen LogP contribution in [0, 0.1) is 0 Å². The third-order valence-electron chi connectivity index (χ3n) is 3.65. The predicted molar refractivity (Wildman–Crippen MR) is 72.0 cm³/mol. The Hall–Kier alpha value is -1.03. The first-order valence-corrected chi connectivity index (χ1v) is 6.64. The van der Waals surface area contributed by atoms with Crippen molar-refractivity contribution in [2.45, 2.75) is 38.0 Å². The van der Waals surface area contributed by atoms with E-state index in [1.165, 1.54) is 32.1 Å². The van der Waals surface area contributed by atoms with Crippen LogP contribution in [0.5, 0.6) is 0 Å². The molecule has 1 aliphatic rings. The second-order valence-electron chi connectivity index (χ2n) is 4.90. The van der Waals surface area contributed by atoms with Crippen LogP contribution in [0.25, 0.3) is 5.65 Å². The van der Waals surface area contributed by atoms with Crippen molar-refractivity contribution in [2.75, 3.05) is 0 Å². The standard InChI is InChI=1S/C12H15BClN3/c13-9-7-15-17-11(14)6-10(16-12(9)17)8-4-2-1-3-5-8/h6-8H,1-5,13H2. The molecule has 0 spiro atoms. The summed E-state index contributed by atoms with van der Waals surface area (Å²) in [6.45, 7) is 0. The lowest BCUT2D eigenvalue weighted by Gasteiger charge is -2.21. The molecule has 0 amide bonds. The second kappa shape index (κ2) is 4.33. The van der Waals surface area contributed by atoms with E-state index in [2.05, 4.69) is 5.10 Å². The van der Waals surface area contributed by atoms with Crippen molar-refractivity contribution in [3.63, 3.8) is 0 Å². The minimum Gasteiger partial charge on any atom is -0.234 e. The number of hydrogen-bond donors (Lipinski definition) is 0. The molecule has 0 radical (unpaired) electrons. The van der Waals surface area contributed by atoms with Gasteiger partial charge in [-0.15, -0.1) is 0 Å². The van der Waals surface area contributed by atoms with Crippen LogP contribution in [0.1, 0.15) is 43.7 Å². The minimum atomic E-state index is 0.584. The van der Waals surface area contributed by atoms with Crippen LogP contribution >= 0.6 is 11.6 Å². The maximum absolute atomic E-state index is 6.26. The van der Waals surface area contributed by atoms with E-state index < -0.39 is 0 Å². The van der Waals surface area contributed by atoms with E-state index in [1.54, 1.807) is 4.52 Å². The Kier molecular flexibility index (Phi) is 2.83. The highest BCUT2D eigenvalue weighted by Gasteiger charge is 2.18. The van der Waals surface area contributed by atoms with Gasteiger partial charge in [0.25, 0.3) is 0 Å². The lowest BCUT2D eigenvalue weighted by molar-refractivity contribution is 0.437. The molecular weight excluding hydrogens is 232 g/mol. The van der Waals surface area contributed by atoms with E-state index in [9.17, 15) is 0 Å². The molecule has 3 nitrogen and oxygen atoms in total. The maximum Gasteiger partial charge on any atom is 0.150 e. The molecule has 0 saturated heterocycles. The lowest BCUT2D eigenvalue weighted by Crippen LogP contribution is -2.10. The van der Waals surface area contributed by atoms with Gasteiger partial charge < -0.3 is 0 Å². The molecule has 5 heteroatoms.